The standard InChI is InChI=1S/C82H150N2O32/c1-5-7-9-11-13-15-17-19-20-21-22-23-24-25-26-27-28-30-32-34-36-38-40-42-58(92)84-51(52(91)41-39-37-35-33-31-29-18-16-14-12-10-8-6-2)48-105-78-70(103)66(99)73(56(46-88)110-78)113-81-71(104)67(100)72(57(47-89)111-81)112-77-59(83-50(4)90)74(62(95)54(44-86)107-77)114-82-76(116-79-68(101)64(97)60(93)49(3)106-79)75(63(96)55(45-87)109-82)115-80-69(102)65(98)61(94)53(43-85)108-80/h39,41,49,51-57,59-82,85-89,91,93-104H,5-38,40,42-48H2,1-4H3,(H,83,90)(H,84,92)/b41-39+/t49?,51-,52+,53?,54?,55?,56?,57?,59?,60+,61-,62-,63-,64?,65-,66+,67+,68-,69?,70?,71?,72-,73+,74+,75-,76?,77-,78+,79+,80+,81-,82-/m0/s1. The Labute approximate surface area is 685 Å². The van der Waals surface area contributed by atoms with Crippen molar-refractivity contribution in [2.24, 2.45) is 0 Å². The smallest absolute Gasteiger partial charge is 0.220 e. The highest BCUT2D eigenvalue weighted by molar-refractivity contribution is 5.76. The molecule has 34 heteroatoms. The molecule has 2 amide bonds. The number of carbonyl (C=O) groups is 2. The number of amides is 2. The van der Waals surface area contributed by atoms with Crippen molar-refractivity contribution >= 4 is 11.8 Å². The maximum absolute atomic E-state index is 13.6. The molecule has 6 saturated heterocycles. The number of nitrogens with one attached hydrogen (secondary N) is 2. The monoisotopic (exact) mass is 1680 g/mol. The molecule has 0 aromatic heterocycles. The van der Waals surface area contributed by atoms with Gasteiger partial charge in [-0.25, -0.2) is 0 Å². The average molecular weight is 1680 g/mol. The highest BCUT2D eigenvalue weighted by Crippen LogP contribution is 2.39. The molecule has 6 rings (SSSR count). The van der Waals surface area contributed by atoms with Crippen molar-refractivity contribution in [3.63, 3.8) is 0 Å². The zero-order valence-electron chi connectivity index (χ0n) is 69.1. The summed E-state index contributed by atoms with van der Waals surface area (Å²) >= 11 is 0. The summed E-state index contributed by atoms with van der Waals surface area (Å²) < 4.78 is 71.8. The van der Waals surface area contributed by atoms with Gasteiger partial charge in [-0.05, 0) is 26.2 Å². The van der Waals surface area contributed by atoms with E-state index in [1.165, 1.54) is 167 Å². The molecule has 12 unspecified atom stereocenters. The Balaban J connectivity index is 1.06. The minimum atomic E-state index is -2.22. The van der Waals surface area contributed by atoms with Gasteiger partial charge in [0.05, 0.1) is 57.9 Å². The summed E-state index contributed by atoms with van der Waals surface area (Å²) in [4.78, 5) is 26.8. The van der Waals surface area contributed by atoms with Gasteiger partial charge in [-0.2, -0.15) is 0 Å². The van der Waals surface area contributed by atoms with Gasteiger partial charge in [0.15, 0.2) is 37.7 Å². The molecule has 680 valence electrons. The summed E-state index contributed by atoms with van der Waals surface area (Å²) in [6.07, 6.45) is -11.4. The lowest BCUT2D eigenvalue weighted by Crippen LogP contribution is -2.71. The van der Waals surface area contributed by atoms with Crippen LogP contribution in [0.2, 0.25) is 0 Å². The van der Waals surface area contributed by atoms with Crippen molar-refractivity contribution in [2.45, 2.75) is 455 Å². The van der Waals surface area contributed by atoms with Crippen molar-refractivity contribution in [1.29, 1.82) is 0 Å². The van der Waals surface area contributed by atoms with Crippen LogP contribution >= 0.6 is 0 Å². The van der Waals surface area contributed by atoms with Gasteiger partial charge in [0.1, 0.15) is 140 Å². The van der Waals surface area contributed by atoms with Crippen LogP contribution in [0.1, 0.15) is 259 Å². The molecule has 0 bridgehead atoms. The van der Waals surface area contributed by atoms with Crippen LogP contribution in [-0.4, -0.2) is 340 Å². The maximum atomic E-state index is 13.6. The van der Waals surface area contributed by atoms with E-state index in [1.807, 2.05) is 6.08 Å². The number of aliphatic hydroxyl groups is 18. The summed E-state index contributed by atoms with van der Waals surface area (Å²) in [5.74, 6) is -1.22. The van der Waals surface area contributed by atoms with E-state index in [1.54, 1.807) is 6.08 Å². The summed E-state index contributed by atoms with van der Waals surface area (Å²) in [5, 5.41) is 206. The zero-order chi connectivity index (χ0) is 84.6. The van der Waals surface area contributed by atoms with Crippen LogP contribution in [-0.2, 0) is 66.4 Å². The molecule has 0 aromatic rings. The second-order valence-corrected chi connectivity index (χ2v) is 32.7. The molecule has 6 aliphatic rings. The third-order valence-corrected chi connectivity index (χ3v) is 23.3. The quantitative estimate of drug-likeness (QED) is 0.0304. The Morgan fingerprint density at radius 1 is 0.353 bits per heavy atom. The van der Waals surface area contributed by atoms with Crippen LogP contribution in [0.5, 0.6) is 0 Å². The molecular weight excluding hydrogens is 1520 g/mol. The Kier molecular flexibility index (Phi) is 49.7. The second-order valence-electron chi connectivity index (χ2n) is 32.7. The molecule has 6 aliphatic heterocycles. The van der Waals surface area contributed by atoms with Crippen molar-refractivity contribution in [3.8, 4) is 0 Å². The Morgan fingerprint density at radius 3 is 1.15 bits per heavy atom. The highest BCUT2D eigenvalue weighted by atomic mass is 16.8. The molecule has 0 radical (unpaired) electrons. The number of hydrogen-bond acceptors (Lipinski definition) is 32. The molecule has 20 N–H and O–H groups in total. The van der Waals surface area contributed by atoms with E-state index in [2.05, 4.69) is 24.5 Å². The van der Waals surface area contributed by atoms with Crippen LogP contribution in [0.25, 0.3) is 0 Å². The predicted molar refractivity (Wildman–Crippen MR) is 418 cm³/mol. The fraction of sp³-hybridized carbons (Fsp3) is 0.951. The van der Waals surface area contributed by atoms with Gasteiger partial charge in [0.2, 0.25) is 11.8 Å². The fourth-order valence-corrected chi connectivity index (χ4v) is 16.0. The van der Waals surface area contributed by atoms with Crippen LogP contribution < -0.4 is 10.6 Å². The molecule has 6 heterocycles. The molecule has 6 fully saturated rings. The minimum absolute atomic E-state index is 0.182. The van der Waals surface area contributed by atoms with Gasteiger partial charge >= 0.3 is 0 Å². The number of carbonyl (C=O) groups excluding carboxylic acids is 2. The first-order chi connectivity index (χ1) is 55.9. The van der Waals surface area contributed by atoms with Gasteiger partial charge < -0.3 is 159 Å². The molecule has 32 atom stereocenters. The number of ether oxygens (including phenoxy) is 12. The molecule has 0 aromatic carbocycles. The molecule has 0 saturated carbocycles. The highest BCUT2D eigenvalue weighted by Gasteiger charge is 2.59. The number of rotatable bonds is 58. The Hall–Kier alpha value is -2.52. The normalized spacial score (nSPS) is 36.4. The second kappa shape index (κ2) is 56.4. The lowest BCUT2D eigenvalue weighted by molar-refractivity contribution is -0.404. The Bertz CT molecular complexity index is 2600. The van der Waals surface area contributed by atoms with Crippen LogP contribution in [0, 0.1) is 0 Å². The lowest BCUT2D eigenvalue weighted by atomic mass is 9.94. The zero-order valence-corrected chi connectivity index (χ0v) is 69.1. The van der Waals surface area contributed by atoms with Gasteiger partial charge in [-0.15, -0.1) is 0 Å². The van der Waals surface area contributed by atoms with Crippen molar-refractivity contribution in [2.75, 3.05) is 39.6 Å². The number of hydrogen-bond donors (Lipinski definition) is 20. The number of aliphatic hydroxyl groups excluding tert-OH is 18. The van der Waals surface area contributed by atoms with Crippen molar-refractivity contribution < 1.29 is 158 Å². The fourth-order valence-electron chi connectivity index (χ4n) is 16.0. The third-order valence-electron chi connectivity index (χ3n) is 23.3. The third kappa shape index (κ3) is 32.5. The Morgan fingerprint density at radius 2 is 0.690 bits per heavy atom. The molecule has 0 aliphatic carbocycles. The summed E-state index contributed by atoms with van der Waals surface area (Å²) in [5.41, 5.74) is 0. The SMILES string of the molecule is CCCCCCCCCCCCC/C=C/[C@@H](O)[C@H](CO[C@@H]1OC(CO)[C@@H](O[C@@H]2OC(CO)[C@H](O[C@@H]3OC(CO)[C@H](O)[C@H](O[C@@H]4OC(CO)[C@H](O)[C@H](O[C@H]5OC(CO)[C@H](O)[C@H](O)C5O)C4O[C@H]4OC(C)[C@@H](O)C(O)[C@@H]4O)C3NC(C)=O)[C@H](O)C2O)[C@H](O)C1O)NC(=O)CCCCCCCCCCCCCCCCCCCCCCCCC. The maximum Gasteiger partial charge on any atom is 0.220 e. The summed E-state index contributed by atoms with van der Waals surface area (Å²) in [7, 11) is 0. The number of allylic oxidation sites excluding steroid dienone is 1. The molecular formula is C82H150N2O32. The van der Waals surface area contributed by atoms with Crippen molar-refractivity contribution in [3.05, 3.63) is 12.2 Å². The largest absolute Gasteiger partial charge is 0.394 e. The first-order valence-corrected chi connectivity index (χ1v) is 43.8. The van der Waals surface area contributed by atoms with Crippen molar-refractivity contribution in [1.82, 2.24) is 10.6 Å². The molecule has 116 heavy (non-hydrogen) atoms. The van der Waals surface area contributed by atoms with Gasteiger partial charge in [0.25, 0.3) is 0 Å². The predicted octanol–water partition coefficient (Wildman–Crippen LogP) is 1.58. The van der Waals surface area contributed by atoms with Gasteiger partial charge in [-0.3, -0.25) is 9.59 Å². The van der Waals surface area contributed by atoms with E-state index in [-0.39, 0.29) is 12.3 Å². The van der Waals surface area contributed by atoms with Crippen LogP contribution in [0.4, 0.5) is 0 Å². The van der Waals surface area contributed by atoms with E-state index in [9.17, 15) is 102 Å². The van der Waals surface area contributed by atoms with E-state index >= 15 is 0 Å². The molecule has 34 nitrogen and oxygen atoms in total. The molecule has 0 spiro atoms. The topological polar surface area (TPSA) is 533 Å². The van der Waals surface area contributed by atoms with Crippen LogP contribution in [0.3, 0.4) is 0 Å². The summed E-state index contributed by atoms with van der Waals surface area (Å²) in [6, 6.07) is -2.92. The van der Waals surface area contributed by atoms with Gasteiger partial charge in [0, 0.05) is 13.3 Å². The van der Waals surface area contributed by atoms with E-state index in [0.29, 0.717) is 12.8 Å². The van der Waals surface area contributed by atoms with E-state index < -0.39 is 242 Å². The lowest BCUT2D eigenvalue weighted by Gasteiger charge is -2.51. The number of unbranched alkanes of at least 4 members (excludes halogenated alkanes) is 33. The van der Waals surface area contributed by atoms with E-state index in [0.717, 1.165) is 58.3 Å². The van der Waals surface area contributed by atoms with Gasteiger partial charge in [-0.1, -0.05) is 231 Å². The summed E-state index contributed by atoms with van der Waals surface area (Å²) in [6.45, 7) is 1.30. The van der Waals surface area contributed by atoms with E-state index in [4.69, 9.17) is 56.8 Å². The first kappa shape index (κ1) is 102. The first-order valence-electron chi connectivity index (χ1n) is 43.8. The van der Waals surface area contributed by atoms with Crippen LogP contribution in [0.15, 0.2) is 12.2 Å². The average Bonchev–Trinajstić information content (AvgIpc) is 0.768. The minimum Gasteiger partial charge on any atom is -0.394 e.